The van der Waals surface area contributed by atoms with Gasteiger partial charge in [0.05, 0.1) is 11.6 Å². The van der Waals surface area contributed by atoms with Crippen LogP contribution in [0.2, 0.25) is 0 Å². The summed E-state index contributed by atoms with van der Waals surface area (Å²) in [4.78, 5) is 2.00. The fourth-order valence-electron chi connectivity index (χ4n) is 2.01. The summed E-state index contributed by atoms with van der Waals surface area (Å²) < 4.78 is 0. The van der Waals surface area contributed by atoms with E-state index in [1.807, 2.05) is 32.1 Å². The van der Waals surface area contributed by atoms with Crippen molar-refractivity contribution in [2.24, 2.45) is 0 Å². The number of thiophene rings is 1. The number of aromatic hydroxyl groups is 2. The first-order valence-electron chi connectivity index (χ1n) is 5.46. The summed E-state index contributed by atoms with van der Waals surface area (Å²) >= 11 is 1.55. The topological polar surface area (TPSA) is 88.0 Å². The number of aryl methyl sites for hydroxylation is 2. The van der Waals surface area contributed by atoms with Crippen LogP contribution in [-0.2, 0) is 0 Å². The van der Waals surface area contributed by atoms with Crippen molar-refractivity contribution in [1.82, 2.24) is 0 Å². The molecule has 0 spiro atoms. The minimum absolute atomic E-state index is 0.0718. The van der Waals surface area contributed by atoms with E-state index in [0.29, 0.717) is 5.56 Å². The van der Waals surface area contributed by atoms with Gasteiger partial charge in [0.2, 0.25) is 0 Å². The molecule has 1 aromatic heterocycles. The molecule has 0 saturated heterocycles. The van der Waals surface area contributed by atoms with Crippen molar-refractivity contribution >= 4 is 11.3 Å². The summed E-state index contributed by atoms with van der Waals surface area (Å²) in [6.45, 7) is 3.82. The van der Waals surface area contributed by atoms with Gasteiger partial charge in [0, 0.05) is 21.4 Å². The van der Waals surface area contributed by atoms with Gasteiger partial charge in [0.25, 0.3) is 0 Å². The summed E-state index contributed by atoms with van der Waals surface area (Å²) in [5, 5.41) is 37.7. The van der Waals surface area contributed by atoms with Crippen molar-refractivity contribution in [1.29, 1.82) is 10.5 Å². The molecule has 1 aromatic carbocycles. The van der Waals surface area contributed by atoms with Gasteiger partial charge in [-0.15, -0.1) is 11.3 Å². The van der Waals surface area contributed by atoms with Crippen LogP contribution in [0, 0.1) is 36.5 Å². The standard InChI is InChI=1S/C14H10N2O2S/c1-7-3-10(8(2)19-7)13-9(5-15)4-12(17)14(18)11(13)6-16/h3-4,17-18H,1-2H3. The van der Waals surface area contributed by atoms with Crippen LogP contribution < -0.4 is 0 Å². The highest BCUT2D eigenvalue weighted by Gasteiger charge is 2.21. The SMILES string of the molecule is Cc1cc(-c2c(C#N)cc(O)c(O)c2C#N)c(C)s1. The minimum atomic E-state index is -0.486. The molecule has 0 aliphatic carbocycles. The molecule has 0 aliphatic heterocycles. The predicted octanol–water partition coefficient (Wildman–Crippen LogP) is 3.19. The first-order chi connectivity index (χ1) is 8.99. The third-order valence-electron chi connectivity index (χ3n) is 2.82. The average molecular weight is 270 g/mol. The van der Waals surface area contributed by atoms with Gasteiger partial charge >= 0.3 is 0 Å². The Bertz CT molecular complexity index is 748. The predicted molar refractivity (Wildman–Crippen MR) is 72.0 cm³/mol. The first-order valence-corrected chi connectivity index (χ1v) is 6.27. The Morgan fingerprint density at radius 1 is 1.11 bits per heavy atom. The van der Waals surface area contributed by atoms with E-state index in [2.05, 4.69) is 0 Å². The number of hydrogen-bond donors (Lipinski definition) is 2. The molecule has 1 heterocycles. The Labute approximate surface area is 114 Å². The average Bonchev–Trinajstić information content (AvgIpc) is 2.70. The summed E-state index contributed by atoms with van der Waals surface area (Å²) in [6, 6.07) is 6.86. The van der Waals surface area contributed by atoms with Crippen LogP contribution in [0.5, 0.6) is 11.5 Å². The molecule has 94 valence electrons. The Morgan fingerprint density at radius 3 is 2.26 bits per heavy atom. The maximum atomic E-state index is 9.78. The molecule has 0 saturated carbocycles. The molecule has 2 N–H and O–H groups in total. The second-order valence-corrected chi connectivity index (χ2v) is 5.55. The number of nitriles is 2. The highest BCUT2D eigenvalue weighted by Crippen LogP contribution is 2.41. The lowest BCUT2D eigenvalue weighted by Gasteiger charge is -2.09. The second-order valence-electron chi connectivity index (χ2n) is 4.09. The zero-order chi connectivity index (χ0) is 14.2. The van der Waals surface area contributed by atoms with E-state index in [4.69, 9.17) is 5.26 Å². The molecule has 0 fully saturated rings. The van der Waals surface area contributed by atoms with Crippen LogP contribution >= 0.6 is 11.3 Å². The number of nitrogens with zero attached hydrogens (tertiary/aromatic N) is 2. The lowest BCUT2D eigenvalue weighted by Crippen LogP contribution is -1.91. The zero-order valence-electron chi connectivity index (χ0n) is 10.4. The molecular formula is C14H10N2O2S. The third kappa shape index (κ3) is 2.01. The van der Waals surface area contributed by atoms with Gasteiger partial charge in [0.1, 0.15) is 11.6 Å². The van der Waals surface area contributed by atoms with Gasteiger partial charge in [0.15, 0.2) is 11.5 Å². The molecule has 0 bridgehead atoms. The summed E-state index contributed by atoms with van der Waals surface area (Å²) in [5.41, 5.74) is 1.22. The zero-order valence-corrected chi connectivity index (χ0v) is 11.2. The van der Waals surface area contributed by atoms with Gasteiger partial charge in [-0.3, -0.25) is 0 Å². The van der Waals surface area contributed by atoms with Gasteiger partial charge in [-0.1, -0.05) is 0 Å². The van der Waals surface area contributed by atoms with E-state index < -0.39 is 11.5 Å². The molecule has 0 amide bonds. The number of rotatable bonds is 1. The number of phenols is 2. The lowest BCUT2D eigenvalue weighted by molar-refractivity contribution is 0.402. The summed E-state index contributed by atoms with van der Waals surface area (Å²) in [6.07, 6.45) is 0. The van der Waals surface area contributed by atoms with E-state index in [9.17, 15) is 15.5 Å². The van der Waals surface area contributed by atoms with Crippen LogP contribution in [-0.4, -0.2) is 10.2 Å². The molecule has 0 unspecified atom stereocenters. The van der Waals surface area contributed by atoms with Crippen LogP contribution in [0.3, 0.4) is 0 Å². The molecular weight excluding hydrogens is 260 g/mol. The van der Waals surface area contributed by atoms with E-state index in [1.165, 1.54) is 6.07 Å². The van der Waals surface area contributed by atoms with Crippen LogP contribution in [0.25, 0.3) is 11.1 Å². The minimum Gasteiger partial charge on any atom is -0.504 e. The smallest absolute Gasteiger partial charge is 0.176 e. The largest absolute Gasteiger partial charge is 0.504 e. The van der Waals surface area contributed by atoms with E-state index in [0.717, 1.165) is 15.3 Å². The van der Waals surface area contributed by atoms with E-state index in [-0.39, 0.29) is 11.1 Å². The first kappa shape index (κ1) is 12.9. The summed E-state index contributed by atoms with van der Waals surface area (Å²) in [7, 11) is 0. The Kier molecular flexibility index (Phi) is 3.16. The van der Waals surface area contributed by atoms with Crippen molar-refractivity contribution in [2.75, 3.05) is 0 Å². The van der Waals surface area contributed by atoms with Crippen molar-refractivity contribution in [3.05, 3.63) is 33.0 Å². The van der Waals surface area contributed by atoms with Crippen molar-refractivity contribution in [2.45, 2.75) is 13.8 Å². The Morgan fingerprint density at radius 2 is 1.79 bits per heavy atom. The van der Waals surface area contributed by atoms with Crippen LogP contribution in [0.15, 0.2) is 12.1 Å². The Balaban J connectivity index is 2.91. The van der Waals surface area contributed by atoms with Crippen LogP contribution in [0.1, 0.15) is 20.9 Å². The van der Waals surface area contributed by atoms with E-state index >= 15 is 0 Å². The fourth-order valence-corrected chi connectivity index (χ4v) is 2.94. The number of phenolic OH excluding ortho intramolecular Hbond substituents is 2. The molecule has 2 rings (SSSR count). The normalized spacial score (nSPS) is 9.89. The third-order valence-corrected chi connectivity index (χ3v) is 3.79. The molecule has 19 heavy (non-hydrogen) atoms. The second kappa shape index (κ2) is 4.64. The number of hydrogen-bond acceptors (Lipinski definition) is 5. The van der Waals surface area contributed by atoms with Crippen LogP contribution in [0.4, 0.5) is 0 Å². The van der Waals surface area contributed by atoms with Gasteiger partial charge in [-0.25, -0.2) is 0 Å². The quantitative estimate of drug-likeness (QED) is 0.779. The maximum Gasteiger partial charge on any atom is 0.176 e. The van der Waals surface area contributed by atoms with Gasteiger partial charge in [-0.2, -0.15) is 10.5 Å². The molecule has 0 radical (unpaired) electrons. The molecule has 4 nitrogen and oxygen atoms in total. The van der Waals surface area contributed by atoms with Crippen molar-refractivity contribution in [3.63, 3.8) is 0 Å². The van der Waals surface area contributed by atoms with Crippen molar-refractivity contribution < 1.29 is 10.2 Å². The fraction of sp³-hybridized carbons (Fsp3) is 0.143. The lowest BCUT2D eigenvalue weighted by atomic mass is 9.94. The molecule has 0 atom stereocenters. The molecule has 2 aromatic rings. The number of benzene rings is 1. The van der Waals surface area contributed by atoms with Gasteiger partial charge in [-0.05, 0) is 25.5 Å². The molecule has 0 aliphatic rings. The summed E-state index contributed by atoms with van der Waals surface area (Å²) in [5.74, 6) is -0.943. The van der Waals surface area contributed by atoms with Gasteiger partial charge < -0.3 is 10.2 Å². The van der Waals surface area contributed by atoms with E-state index in [1.54, 1.807) is 11.3 Å². The monoisotopic (exact) mass is 270 g/mol. The highest BCUT2D eigenvalue weighted by molar-refractivity contribution is 7.12. The molecule has 5 heteroatoms. The maximum absolute atomic E-state index is 9.78. The Hall–Kier alpha value is -2.50. The highest BCUT2D eigenvalue weighted by atomic mass is 32.1. The van der Waals surface area contributed by atoms with Crippen molar-refractivity contribution in [3.8, 4) is 34.8 Å².